The van der Waals surface area contributed by atoms with Crippen LogP contribution in [-0.4, -0.2) is 18.9 Å². The Morgan fingerprint density at radius 2 is 1.83 bits per heavy atom. The minimum Gasteiger partial charge on any atom is -0.497 e. The van der Waals surface area contributed by atoms with Crippen molar-refractivity contribution in [2.75, 3.05) is 12.4 Å². The number of benzene rings is 2. The van der Waals surface area contributed by atoms with Gasteiger partial charge < -0.3 is 15.4 Å². The fourth-order valence-electron chi connectivity index (χ4n) is 2.28. The van der Waals surface area contributed by atoms with E-state index in [2.05, 4.69) is 10.6 Å². The molecule has 23 heavy (non-hydrogen) atoms. The highest BCUT2D eigenvalue weighted by molar-refractivity contribution is 5.91. The van der Waals surface area contributed by atoms with E-state index in [0.29, 0.717) is 11.4 Å². The van der Waals surface area contributed by atoms with Gasteiger partial charge in [0.15, 0.2) is 0 Å². The van der Waals surface area contributed by atoms with Crippen molar-refractivity contribution in [2.45, 2.75) is 19.4 Å². The van der Waals surface area contributed by atoms with Crippen molar-refractivity contribution >= 4 is 17.5 Å². The van der Waals surface area contributed by atoms with Crippen molar-refractivity contribution in [1.29, 1.82) is 0 Å². The zero-order valence-corrected chi connectivity index (χ0v) is 13.2. The molecule has 2 aromatic rings. The second kappa shape index (κ2) is 7.98. The molecule has 0 heterocycles. The summed E-state index contributed by atoms with van der Waals surface area (Å²) >= 11 is 0. The van der Waals surface area contributed by atoms with Crippen LogP contribution in [-0.2, 0) is 9.59 Å². The first-order valence-electron chi connectivity index (χ1n) is 7.34. The summed E-state index contributed by atoms with van der Waals surface area (Å²) in [7, 11) is 1.57. The fourth-order valence-corrected chi connectivity index (χ4v) is 2.28. The van der Waals surface area contributed by atoms with Crippen LogP contribution in [0.2, 0.25) is 0 Å². The number of anilines is 1. The molecule has 2 N–H and O–H groups in total. The highest BCUT2D eigenvalue weighted by Crippen LogP contribution is 2.20. The molecule has 5 heteroatoms. The normalized spacial score (nSPS) is 11.4. The van der Waals surface area contributed by atoms with Crippen LogP contribution in [0.25, 0.3) is 0 Å². The Labute approximate surface area is 135 Å². The van der Waals surface area contributed by atoms with Gasteiger partial charge >= 0.3 is 0 Å². The minimum absolute atomic E-state index is 0.154. The van der Waals surface area contributed by atoms with E-state index in [-0.39, 0.29) is 24.3 Å². The van der Waals surface area contributed by atoms with E-state index in [4.69, 9.17) is 4.74 Å². The Balaban J connectivity index is 2.06. The van der Waals surface area contributed by atoms with Crippen LogP contribution >= 0.6 is 0 Å². The van der Waals surface area contributed by atoms with Crippen LogP contribution in [0.4, 0.5) is 5.69 Å². The highest BCUT2D eigenvalue weighted by atomic mass is 16.5. The topological polar surface area (TPSA) is 67.4 Å². The molecule has 5 nitrogen and oxygen atoms in total. The van der Waals surface area contributed by atoms with E-state index in [9.17, 15) is 9.59 Å². The van der Waals surface area contributed by atoms with E-state index < -0.39 is 0 Å². The Kier molecular flexibility index (Phi) is 5.74. The quantitative estimate of drug-likeness (QED) is 0.862. The molecule has 2 rings (SSSR count). The van der Waals surface area contributed by atoms with Crippen LogP contribution in [0.3, 0.4) is 0 Å². The van der Waals surface area contributed by atoms with Gasteiger partial charge in [-0.25, -0.2) is 0 Å². The Bertz CT molecular complexity index is 671. The maximum Gasteiger partial charge on any atom is 0.226 e. The maximum atomic E-state index is 12.3. The van der Waals surface area contributed by atoms with Gasteiger partial charge in [0, 0.05) is 18.7 Å². The van der Waals surface area contributed by atoms with Gasteiger partial charge in [0.05, 0.1) is 19.6 Å². The minimum atomic E-state index is -0.362. The summed E-state index contributed by atoms with van der Waals surface area (Å²) < 4.78 is 5.13. The zero-order chi connectivity index (χ0) is 16.7. The molecule has 120 valence electrons. The molecule has 0 saturated heterocycles. The van der Waals surface area contributed by atoms with Crippen molar-refractivity contribution in [3.05, 3.63) is 60.2 Å². The van der Waals surface area contributed by atoms with Gasteiger partial charge in [-0.15, -0.1) is 0 Å². The number of rotatable bonds is 6. The molecule has 2 aromatic carbocycles. The molecule has 1 atom stereocenters. The van der Waals surface area contributed by atoms with Gasteiger partial charge in [-0.2, -0.15) is 0 Å². The lowest BCUT2D eigenvalue weighted by Crippen LogP contribution is -2.29. The number of amides is 2. The lowest BCUT2D eigenvalue weighted by molar-refractivity contribution is -0.120. The largest absolute Gasteiger partial charge is 0.497 e. The van der Waals surface area contributed by atoms with Gasteiger partial charge in [0.1, 0.15) is 5.75 Å². The number of carbonyl (C=O) groups is 2. The van der Waals surface area contributed by atoms with Crippen molar-refractivity contribution in [2.24, 2.45) is 0 Å². The van der Waals surface area contributed by atoms with E-state index >= 15 is 0 Å². The van der Waals surface area contributed by atoms with Gasteiger partial charge in [-0.1, -0.05) is 36.4 Å². The number of hydrogen-bond donors (Lipinski definition) is 2. The van der Waals surface area contributed by atoms with Crippen molar-refractivity contribution in [3.8, 4) is 5.75 Å². The second-order valence-electron chi connectivity index (χ2n) is 5.15. The predicted molar refractivity (Wildman–Crippen MR) is 89.2 cm³/mol. The number of carbonyl (C=O) groups excluding carboxylic acids is 2. The summed E-state index contributed by atoms with van der Waals surface area (Å²) in [6.45, 7) is 1.44. The molecule has 0 aliphatic heterocycles. The van der Waals surface area contributed by atoms with Crippen molar-refractivity contribution < 1.29 is 14.3 Å². The van der Waals surface area contributed by atoms with Gasteiger partial charge in [0.2, 0.25) is 11.8 Å². The van der Waals surface area contributed by atoms with Crippen LogP contribution in [0.1, 0.15) is 24.9 Å². The molecule has 0 aromatic heterocycles. The summed E-state index contributed by atoms with van der Waals surface area (Å²) in [5.41, 5.74) is 1.55. The molecular formula is C18H20N2O3. The molecule has 0 bridgehead atoms. The third-order valence-electron chi connectivity index (χ3n) is 3.32. The SMILES string of the molecule is COc1cccc(NC(=O)C[C@@H](NC(C)=O)c2ccccc2)c1. The standard InChI is InChI=1S/C18H20N2O3/c1-13(21)19-17(14-7-4-3-5-8-14)12-18(22)20-15-9-6-10-16(11-15)23-2/h3-11,17H,12H2,1-2H3,(H,19,21)(H,20,22)/t17-/m1/s1. The molecule has 0 spiro atoms. The number of nitrogens with one attached hydrogen (secondary N) is 2. The summed E-state index contributed by atoms with van der Waals surface area (Å²) in [5, 5.41) is 5.63. The van der Waals surface area contributed by atoms with Gasteiger partial charge in [-0.3, -0.25) is 9.59 Å². The van der Waals surface area contributed by atoms with E-state index in [0.717, 1.165) is 5.56 Å². The average molecular weight is 312 g/mol. The van der Waals surface area contributed by atoms with Crippen LogP contribution in [0, 0.1) is 0 Å². The number of ether oxygens (including phenoxy) is 1. The Morgan fingerprint density at radius 3 is 2.48 bits per heavy atom. The Hall–Kier alpha value is -2.82. The summed E-state index contributed by atoms with van der Waals surface area (Å²) in [6, 6.07) is 16.2. The van der Waals surface area contributed by atoms with E-state index in [1.807, 2.05) is 30.3 Å². The van der Waals surface area contributed by atoms with Gasteiger partial charge in [-0.05, 0) is 17.7 Å². The summed E-state index contributed by atoms with van der Waals surface area (Å²) in [6.07, 6.45) is 0.154. The van der Waals surface area contributed by atoms with Crippen molar-refractivity contribution in [1.82, 2.24) is 5.32 Å². The average Bonchev–Trinajstić information content (AvgIpc) is 2.54. The predicted octanol–water partition coefficient (Wildman–Crippen LogP) is 2.90. The first-order chi connectivity index (χ1) is 11.1. The fraction of sp³-hybridized carbons (Fsp3) is 0.222. The smallest absolute Gasteiger partial charge is 0.226 e. The lowest BCUT2D eigenvalue weighted by Gasteiger charge is -2.18. The molecule has 0 unspecified atom stereocenters. The van der Waals surface area contributed by atoms with E-state index in [1.54, 1.807) is 31.4 Å². The molecule has 2 amide bonds. The third kappa shape index (κ3) is 5.14. The molecule has 0 aliphatic carbocycles. The monoisotopic (exact) mass is 312 g/mol. The molecule has 0 aliphatic rings. The summed E-state index contributed by atoms with van der Waals surface area (Å²) in [4.78, 5) is 23.7. The van der Waals surface area contributed by atoms with Crippen LogP contribution in [0.15, 0.2) is 54.6 Å². The second-order valence-corrected chi connectivity index (χ2v) is 5.15. The lowest BCUT2D eigenvalue weighted by atomic mass is 10.0. The molecular weight excluding hydrogens is 292 g/mol. The first-order valence-corrected chi connectivity index (χ1v) is 7.34. The first kappa shape index (κ1) is 16.5. The van der Waals surface area contributed by atoms with Crippen LogP contribution < -0.4 is 15.4 Å². The summed E-state index contributed by atoms with van der Waals surface area (Å²) in [5.74, 6) is 0.318. The Morgan fingerprint density at radius 1 is 1.09 bits per heavy atom. The molecule has 0 radical (unpaired) electrons. The molecule has 0 fully saturated rings. The third-order valence-corrected chi connectivity index (χ3v) is 3.32. The van der Waals surface area contributed by atoms with Gasteiger partial charge in [0.25, 0.3) is 0 Å². The number of hydrogen-bond acceptors (Lipinski definition) is 3. The van der Waals surface area contributed by atoms with Crippen molar-refractivity contribution in [3.63, 3.8) is 0 Å². The number of methoxy groups -OCH3 is 1. The maximum absolute atomic E-state index is 12.3. The van der Waals surface area contributed by atoms with E-state index in [1.165, 1.54) is 6.92 Å². The highest BCUT2D eigenvalue weighted by Gasteiger charge is 2.17. The zero-order valence-electron chi connectivity index (χ0n) is 13.2. The molecule has 0 saturated carbocycles. The van der Waals surface area contributed by atoms with Crippen LogP contribution in [0.5, 0.6) is 5.75 Å².